The molecule has 0 radical (unpaired) electrons. The van der Waals surface area contributed by atoms with Gasteiger partial charge >= 0.3 is 5.97 Å². The van der Waals surface area contributed by atoms with Crippen LogP contribution >= 0.6 is 11.6 Å². The standard InChI is InChI=1S/C21H22ClN3O4/c1-12-6-4-8-17(13(12)2)25-11-15(10-18(25)26)21(28)29-14(3)20(27)24-16-7-5-9-23-19(16)22/h4-9,14-15H,10-11H2,1-3H3,(H,24,27)/t14-,15-/m1/s1. The summed E-state index contributed by atoms with van der Waals surface area (Å²) in [6, 6.07) is 8.94. The molecule has 29 heavy (non-hydrogen) atoms. The van der Waals surface area contributed by atoms with E-state index in [1.165, 1.54) is 13.1 Å². The molecule has 1 aromatic heterocycles. The van der Waals surface area contributed by atoms with Crippen molar-refractivity contribution < 1.29 is 19.1 Å². The number of hydrogen-bond donors (Lipinski definition) is 1. The smallest absolute Gasteiger partial charge is 0.312 e. The summed E-state index contributed by atoms with van der Waals surface area (Å²) in [5.41, 5.74) is 3.19. The van der Waals surface area contributed by atoms with Crippen molar-refractivity contribution in [2.45, 2.75) is 33.3 Å². The van der Waals surface area contributed by atoms with Gasteiger partial charge in [0.25, 0.3) is 5.91 Å². The highest BCUT2D eigenvalue weighted by molar-refractivity contribution is 6.32. The highest BCUT2D eigenvalue weighted by atomic mass is 35.5. The van der Waals surface area contributed by atoms with Gasteiger partial charge in [0.1, 0.15) is 0 Å². The normalized spacial score (nSPS) is 17.2. The summed E-state index contributed by atoms with van der Waals surface area (Å²) in [4.78, 5) is 42.8. The van der Waals surface area contributed by atoms with Gasteiger partial charge in [-0.05, 0) is 50.1 Å². The second-order valence-corrected chi connectivity index (χ2v) is 7.39. The Balaban J connectivity index is 1.62. The van der Waals surface area contributed by atoms with E-state index in [-0.39, 0.29) is 24.0 Å². The minimum absolute atomic E-state index is 0.0506. The van der Waals surface area contributed by atoms with E-state index >= 15 is 0 Å². The third kappa shape index (κ3) is 4.56. The topological polar surface area (TPSA) is 88.6 Å². The maximum atomic E-state index is 12.5. The molecule has 152 valence electrons. The molecule has 0 unspecified atom stereocenters. The average molecular weight is 416 g/mol. The maximum Gasteiger partial charge on any atom is 0.312 e. The minimum atomic E-state index is -1.04. The number of carbonyl (C=O) groups excluding carboxylic acids is 3. The number of halogens is 1. The Hall–Kier alpha value is -2.93. The van der Waals surface area contributed by atoms with E-state index in [2.05, 4.69) is 10.3 Å². The first-order chi connectivity index (χ1) is 13.8. The number of pyridine rings is 1. The number of ether oxygens (including phenoxy) is 1. The maximum absolute atomic E-state index is 12.5. The zero-order valence-electron chi connectivity index (χ0n) is 16.4. The van der Waals surface area contributed by atoms with Gasteiger partial charge in [-0.25, -0.2) is 4.98 Å². The van der Waals surface area contributed by atoms with Gasteiger partial charge in [0.2, 0.25) is 5.91 Å². The van der Waals surface area contributed by atoms with Gasteiger partial charge in [-0.15, -0.1) is 0 Å². The summed E-state index contributed by atoms with van der Waals surface area (Å²) in [6.07, 6.45) is 0.513. The van der Waals surface area contributed by atoms with E-state index < -0.39 is 23.9 Å². The number of anilines is 2. The number of hydrogen-bond acceptors (Lipinski definition) is 5. The number of carbonyl (C=O) groups is 3. The molecule has 7 nitrogen and oxygen atoms in total. The lowest BCUT2D eigenvalue weighted by Gasteiger charge is -2.20. The summed E-state index contributed by atoms with van der Waals surface area (Å²) >= 11 is 5.92. The van der Waals surface area contributed by atoms with Crippen LogP contribution in [0.25, 0.3) is 0 Å². The fourth-order valence-electron chi connectivity index (χ4n) is 3.16. The number of aromatic nitrogens is 1. The van der Waals surface area contributed by atoms with Crippen molar-refractivity contribution in [3.8, 4) is 0 Å². The molecule has 2 amide bonds. The van der Waals surface area contributed by atoms with Crippen molar-refractivity contribution >= 4 is 40.8 Å². The zero-order chi connectivity index (χ0) is 21.1. The van der Waals surface area contributed by atoms with Crippen LogP contribution in [0.4, 0.5) is 11.4 Å². The van der Waals surface area contributed by atoms with Crippen molar-refractivity contribution in [2.24, 2.45) is 5.92 Å². The molecule has 0 saturated carbocycles. The van der Waals surface area contributed by atoms with Gasteiger partial charge in [0.15, 0.2) is 11.3 Å². The van der Waals surface area contributed by atoms with Crippen LogP contribution in [0.1, 0.15) is 24.5 Å². The molecule has 0 spiro atoms. The van der Waals surface area contributed by atoms with Crippen molar-refractivity contribution in [2.75, 3.05) is 16.8 Å². The molecular formula is C21H22ClN3O4. The first-order valence-electron chi connectivity index (χ1n) is 9.26. The molecule has 1 fully saturated rings. The molecule has 0 aliphatic carbocycles. The number of benzene rings is 1. The van der Waals surface area contributed by atoms with Crippen molar-refractivity contribution in [3.05, 3.63) is 52.8 Å². The molecule has 1 aromatic carbocycles. The van der Waals surface area contributed by atoms with Crippen LogP contribution < -0.4 is 10.2 Å². The van der Waals surface area contributed by atoms with E-state index in [1.807, 2.05) is 32.0 Å². The predicted octanol–water partition coefficient (Wildman–Crippen LogP) is 3.28. The van der Waals surface area contributed by atoms with Crippen LogP contribution in [-0.2, 0) is 19.1 Å². The van der Waals surface area contributed by atoms with Crippen LogP contribution in [0, 0.1) is 19.8 Å². The Bertz CT molecular complexity index is 963. The lowest BCUT2D eigenvalue weighted by atomic mass is 10.1. The summed E-state index contributed by atoms with van der Waals surface area (Å²) in [5.74, 6) is -1.87. The largest absolute Gasteiger partial charge is 0.452 e. The fourth-order valence-corrected chi connectivity index (χ4v) is 3.33. The molecule has 3 rings (SSSR count). The van der Waals surface area contributed by atoms with Gasteiger partial charge in [-0.3, -0.25) is 14.4 Å². The molecule has 1 aliphatic heterocycles. The number of amides is 2. The van der Waals surface area contributed by atoms with Crippen LogP contribution in [0.15, 0.2) is 36.5 Å². The van der Waals surface area contributed by atoms with E-state index in [0.717, 1.165) is 16.8 Å². The van der Waals surface area contributed by atoms with Gasteiger partial charge in [0.05, 0.1) is 11.6 Å². The predicted molar refractivity (Wildman–Crippen MR) is 110 cm³/mol. The van der Waals surface area contributed by atoms with Gasteiger partial charge in [-0.2, -0.15) is 0 Å². The second kappa shape index (κ2) is 8.61. The molecule has 2 atom stereocenters. The second-order valence-electron chi connectivity index (χ2n) is 7.03. The SMILES string of the molecule is Cc1cccc(N2C[C@H](C(=O)O[C@H](C)C(=O)Nc3cccnc3Cl)CC2=O)c1C. The van der Waals surface area contributed by atoms with Crippen LogP contribution in [0.2, 0.25) is 5.15 Å². The van der Waals surface area contributed by atoms with Crippen LogP contribution in [0.5, 0.6) is 0 Å². The Kier molecular flexibility index (Phi) is 6.17. The Morgan fingerprint density at radius 3 is 2.76 bits per heavy atom. The number of nitrogens with one attached hydrogen (secondary N) is 1. The van der Waals surface area contributed by atoms with E-state index in [9.17, 15) is 14.4 Å². The van der Waals surface area contributed by atoms with Crippen molar-refractivity contribution in [1.82, 2.24) is 4.98 Å². The van der Waals surface area contributed by atoms with Crippen molar-refractivity contribution in [1.29, 1.82) is 0 Å². The lowest BCUT2D eigenvalue weighted by Crippen LogP contribution is -2.33. The number of aryl methyl sites for hydroxylation is 1. The number of esters is 1. The van der Waals surface area contributed by atoms with E-state index in [0.29, 0.717) is 5.69 Å². The fraction of sp³-hybridized carbons (Fsp3) is 0.333. The van der Waals surface area contributed by atoms with Gasteiger partial charge < -0.3 is 15.0 Å². The number of rotatable bonds is 5. The molecule has 8 heteroatoms. The van der Waals surface area contributed by atoms with Crippen LogP contribution in [0.3, 0.4) is 0 Å². The molecule has 2 heterocycles. The molecule has 2 aromatic rings. The van der Waals surface area contributed by atoms with Crippen LogP contribution in [-0.4, -0.2) is 35.4 Å². The Labute approximate surface area is 174 Å². The molecule has 1 N–H and O–H groups in total. The first-order valence-corrected chi connectivity index (χ1v) is 9.64. The third-order valence-electron chi connectivity index (χ3n) is 5.00. The first kappa shape index (κ1) is 20.8. The minimum Gasteiger partial charge on any atom is -0.452 e. The highest BCUT2D eigenvalue weighted by Gasteiger charge is 2.37. The summed E-state index contributed by atoms with van der Waals surface area (Å²) in [7, 11) is 0. The van der Waals surface area contributed by atoms with Crippen molar-refractivity contribution in [3.63, 3.8) is 0 Å². The van der Waals surface area contributed by atoms with E-state index in [4.69, 9.17) is 16.3 Å². The van der Waals surface area contributed by atoms with Gasteiger partial charge in [-0.1, -0.05) is 23.7 Å². The Morgan fingerprint density at radius 2 is 2.03 bits per heavy atom. The molecule has 1 aliphatic rings. The third-order valence-corrected chi connectivity index (χ3v) is 5.31. The lowest BCUT2D eigenvalue weighted by molar-refractivity contribution is -0.157. The average Bonchev–Trinajstić information content (AvgIpc) is 3.07. The quantitative estimate of drug-likeness (QED) is 0.598. The molecule has 0 bridgehead atoms. The monoisotopic (exact) mass is 415 g/mol. The Morgan fingerprint density at radius 1 is 1.28 bits per heavy atom. The zero-order valence-corrected chi connectivity index (χ0v) is 17.2. The summed E-state index contributed by atoms with van der Waals surface area (Å²) in [5, 5.41) is 2.72. The van der Waals surface area contributed by atoms with E-state index in [1.54, 1.807) is 17.0 Å². The number of nitrogens with zero attached hydrogens (tertiary/aromatic N) is 2. The molecular weight excluding hydrogens is 394 g/mol. The van der Waals surface area contributed by atoms with Gasteiger partial charge in [0, 0.05) is 24.8 Å². The summed E-state index contributed by atoms with van der Waals surface area (Å²) in [6.45, 7) is 5.61. The summed E-state index contributed by atoms with van der Waals surface area (Å²) < 4.78 is 5.30. The molecule has 1 saturated heterocycles. The highest BCUT2D eigenvalue weighted by Crippen LogP contribution is 2.30.